The van der Waals surface area contributed by atoms with Gasteiger partial charge in [0.1, 0.15) is 16.4 Å². The molecular formula is C16H19FN2O3S. The van der Waals surface area contributed by atoms with Gasteiger partial charge in [-0.3, -0.25) is 0 Å². The summed E-state index contributed by atoms with van der Waals surface area (Å²) in [6, 6.07) is 4.65. The Kier molecular flexibility index (Phi) is 5.03. The van der Waals surface area contributed by atoms with Crippen molar-refractivity contribution in [2.75, 3.05) is 12.4 Å². The number of quaternary nitrogens is 1. The van der Waals surface area contributed by atoms with Crippen LogP contribution in [0, 0.1) is 17.9 Å². The Hall–Kier alpha value is -1.96. The van der Waals surface area contributed by atoms with E-state index in [0.29, 0.717) is 10.6 Å². The number of thiophene rings is 1. The van der Waals surface area contributed by atoms with Crippen LogP contribution in [0.5, 0.6) is 0 Å². The lowest BCUT2D eigenvalue weighted by molar-refractivity contribution is -0.748. The first kappa shape index (κ1) is 17.4. The summed E-state index contributed by atoms with van der Waals surface area (Å²) in [6.45, 7) is 5.43. The molecule has 7 heteroatoms. The number of carboxylic acid groups (broad SMARTS) is 1. The van der Waals surface area contributed by atoms with E-state index in [0.717, 1.165) is 16.9 Å². The number of carboxylic acids is 1. The third-order valence-electron chi connectivity index (χ3n) is 3.43. The summed E-state index contributed by atoms with van der Waals surface area (Å²) >= 11 is 1.05. The van der Waals surface area contributed by atoms with Gasteiger partial charge in [0, 0.05) is 5.56 Å². The van der Waals surface area contributed by atoms with Crippen LogP contribution in [0.3, 0.4) is 0 Å². The number of carbonyl (C=O) groups is 1. The van der Waals surface area contributed by atoms with Crippen molar-refractivity contribution in [3.63, 3.8) is 0 Å². The van der Waals surface area contributed by atoms with Crippen LogP contribution in [-0.4, -0.2) is 18.1 Å². The fraction of sp³-hybridized carbons (Fsp3) is 0.312. The molecule has 3 N–H and O–H groups in total. The molecule has 1 atom stereocenters. The Morgan fingerprint density at radius 2 is 2.09 bits per heavy atom. The summed E-state index contributed by atoms with van der Waals surface area (Å²) in [5.74, 6) is -1.73. The average molecular weight is 338 g/mol. The van der Waals surface area contributed by atoms with Crippen molar-refractivity contribution >= 4 is 33.0 Å². The smallest absolute Gasteiger partial charge is 0.339 e. The highest BCUT2D eigenvalue weighted by molar-refractivity contribution is 7.20. The highest BCUT2D eigenvalue weighted by atomic mass is 32.1. The second-order valence-corrected chi connectivity index (χ2v) is 6.69. The van der Waals surface area contributed by atoms with E-state index in [-0.39, 0.29) is 27.2 Å². The van der Waals surface area contributed by atoms with Crippen LogP contribution in [0.15, 0.2) is 18.2 Å². The summed E-state index contributed by atoms with van der Waals surface area (Å²) in [4.78, 5) is 11.7. The molecule has 23 heavy (non-hydrogen) atoms. The molecule has 0 radical (unpaired) electrons. The number of anilines is 2. The van der Waals surface area contributed by atoms with E-state index in [4.69, 9.17) is 0 Å². The topological polar surface area (TPSA) is 76.8 Å². The quantitative estimate of drug-likeness (QED) is 0.730. The van der Waals surface area contributed by atoms with Gasteiger partial charge >= 0.3 is 5.97 Å². The van der Waals surface area contributed by atoms with Gasteiger partial charge in [-0.25, -0.2) is 9.18 Å². The van der Waals surface area contributed by atoms with Crippen molar-refractivity contribution in [2.24, 2.45) is 0 Å². The third kappa shape index (κ3) is 3.52. The predicted octanol–water partition coefficient (Wildman–Crippen LogP) is 3.40. The number of nitrogens with one attached hydrogen (secondary N) is 2. The van der Waals surface area contributed by atoms with E-state index >= 15 is 0 Å². The summed E-state index contributed by atoms with van der Waals surface area (Å²) in [5.41, 5.74) is 1.48. The van der Waals surface area contributed by atoms with Crippen molar-refractivity contribution in [1.82, 2.24) is 0 Å². The maximum absolute atomic E-state index is 14.0. The normalized spacial score (nSPS) is 12.5. The number of hydroxylamine groups is 1. The highest BCUT2D eigenvalue weighted by Gasteiger charge is 2.28. The van der Waals surface area contributed by atoms with E-state index in [1.807, 2.05) is 13.8 Å². The third-order valence-corrected chi connectivity index (χ3v) is 4.65. The molecule has 124 valence electrons. The molecule has 0 saturated heterocycles. The Morgan fingerprint density at radius 1 is 1.43 bits per heavy atom. The second-order valence-electron chi connectivity index (χ2n) is 5.67. The zero-order chi connectivity index (χ0) is 17.3. The summed E-state index contributed by atoms with van der Waals surface area (Å²) < 4.78 is 14.0. The lowest BCUT2D eigenvalue weighted by Gasteiger charge is -2.17. The van der Waals surface area contributed by atoms with Crippen LogP contribution >= 0.6 is 11.3 Å². The van der Waals surface area contributed by atoms with E-state index in [2.05, 4.69) is 5.32 Å². The van der Waals surface area contributed by atoms with Crippen molar-refractivity contribution in [1.29, 1.82) is 0 Å². The van der Waals surface area contributed by atoms with Crippen molar-refractivity contribution in [3.05, 3.63) is 45.9 Å². The molecule has 0 amide bonds. The average Bonchev–Trinajstić information content (AvgIpc) is 2.81. The summed E-state index contributed by atoms with van der Waals surface area (Å²) in [7, 11) is 1.40. The fourth-order valence-electron chi connectivity index (χ4n) is 2.40. The van der Waals surface area contributed by atoms with Crippen LogP contribution in [0.4, 0.5) is 20.1 Å². The van der Waals surface area contributed by atoms with Crippen molar-refractivity contribution in [2.45, 2.75) is 26.7 Å². The lowest BCUT2D eigenvalue weighted by Crippen LogP contribution is -2.98. The van der Waals surface area contributed by atoms with Crippen molar-refractivity contribution in [3.8, 4) is 0 Å². The highest BCUT2D eigenvalue weighted by Crippen LogP contribution is 2.41. The largest absolute Gasteiger partial charge is 0.628 e. The number of rotatable bonds is 5. The van der Waals surface area contributed by atoms with Gasteiger partial charge in [0.05, 0.1) is 12.7 Å². The molecule has 0 bridgehead atoms. The van der Waals surface area contributed by atoms with Crippen LogP contribution in [0.1, 0.15) is 41.3 Å². The van der Waals surface area contributed by atoms with Gasteiger partial charge in [0.15, 0.2) is 5.00 Å². The van der Waals surface area contributed by atoms with Crippen LogP contribution in [0.25, 0.3) is 0 Å². The molecule has 5 nitrogen and oxygen atoms in total. The van der Waals surface area contributed by atoms with Gasteiger partial charge in [0.2, 0.25) is 0 Å². The molecule has 0 fully saturated rings. The predicted molar refractivity (Wildman–Crippen MR) is 89.7 cm³/mol. The standard InChI is InChI=1S/C16H19FN2O3S/c1-8(2)12-13(16(20)21)14(23-15(12)19(4)22)18-11-6-5-9(3)7-10(11)17/h5-8,18-19H,1-4H3,(H,20,21). The SMILES string of the molecule is Cc1ccc(Nc2sc([NH+](C)[O-])c(C(C)C)c2C(=O)O)c(F)c1. The van der Waals surface area contributed by atoms with E-state index in [9.17, 15) is 19.5 Å². The summed E-state index contributed by atoms with van der Waals surface area (Å²) in [6.07, 6.45) is 0. The van der Waals surface area contributed by atoms with E-state index in [1.54, 1.807) is 19.1 Å². The van der Waals surface area contributed by atoms with Crippen molar-refractivity contribution < 1.29 is 19.4 Å². The number of aryl methyl sites for hydroxylation is 1. The molecule has 2 rings (SSSR count). The Labute approximate surface area is 137 Å². The zero-order valence-corrected chi connectivity index (χ0v) is 14.2. The molecule has 0 aliphatic rings. The molecular weight excluding hydrogens is 319 g/mol. The minimum atomic E-state index is -1.13. The van der Waals surface area contributed by atoms with E-state index in [1.165, 1.54) is 13.1 Å². The molecule has 1 aromatic carbocycles. The van der Waals surface area contributed by atoms with E-state index < -0.39 is 11.8 Å². The van der Waals surface area contributed by atoms with Crippen LogP contribution in [-0.2, 0) is 0 Å². The first-order chi connectivity index (χ1) is 10.7. The zero-order valence-electron chi connectivity index (χ0n) is 13.4. The lowest BCUT2D eigenvalue weighted by atomic mass is 10.0. The molecule has 0 aliphatic heterocycles. The number of halogens is 1. The monoisotopic (exact) mass is 338 g/mol. The molecule has 1 aromatic heterocycles. The van der Waals surface area contributed by atoms with Gasteiger partial charge in [-0.2, -0.15) is 0 Å². The molecule has 0 aliphatic carbocycles. The van der Waals surface area contributed by atoms with Gasteiger partial charge in [-0.15, -0.1) is 0 Å². The number of benzene rings is 1. The molecule has 1 heterocycles. The Balaban J connectivity index is 2.57. The first-order valence-electron chi connectivity index (χ1n) is 7.16. The molecule has 0 spiro atoms. The van der Waals surface area contributed by atoms with Gasteiger partial charge in [0.25, 0.3) is 0 Å². The second kappa shape index (κ2) is 6.66. The maximum Gasteiger partial charge on any atom is 0.339 e. The van der Waals surface area contributed by atoms with Gasteiger partial charge in [-0.1, -0.05) is 31.3 Å². The fourth-order valence-corrected chi connectivity index (χ4v) is 3.66. The minimum absolute atomic E-state index is 0.0372. The molecule has 2 aromatic rings. The van der Waals surface area contributed by atoms with Gasteiger partial charge < -0.3 is 20.7 Å². The Bertz CT molecular complexity index is 741. The van der Waals surface area contributed by atoms with Crippen LogP contribution < -0.4 is 10.4 Å². The Morgan fingerprint density at radius 3 is 2.57 bits per heavy atom. The summed E-state index contributed by atoms with van der Waals surface area (Å²) in [5, 5.41) is 24.7. The number of aromatic carboxylic acids is 1. The molecule has 1 unspecified atom stereocenters. The minimum Gasteiger partial charge on any atom is -0.628 e. The molecule has 0 saturated carbocycles. The maximum atomic E-state index is 14.0. The van der Waals surface area contributed by atoms with Gasteiger partial charge in [-0.05, 0) is 30.5 Å². The first-order valence-corrected chi connectivity index (χ1v) is 7.98. The number of hydrogen-bond acceptors (Lipinski definition) is 4. The number of hydrogen-bond donors (Lipinski definition) is 3. The van der Waals surface area contributed by atoms with Crippen LogP contribution in [0.2, 0.25) is 0 Å².